The van der Waals surface area contributed by atoms with Crippen LogP contribution in [0.15, 0.2) is 48.5 Å². The summed E-state index contributed by atoms with van der Waals surface area (Å²) >= 11 is 0. The van der Waals surface area contributed by atoms with Crippen molar-refractivity contribution in [1.82, 2.24) is 5.32 Å². The molecule has 2 rings (SSSR count). The first-order valence-electron chi connectivity index (χ1n) is 6.75. The largest absolute Gasteiger partial charge is 0.338 e. The van der Waals surface area contributed by atoms with Gasteiger partial charge in [0.15, 0.2) is 0 Å². The van der Waals surface area contributed by atoms with Gasteiger partial charge >= 0.3 is 6.03 Å². The number of carbonyl (C=O) groups is 1. The number of carbonyl (C=O) groups excluding carboxylic acids is 1. The molecule has 4 nitrogen and oxygen atoms in total. The molecule has 0 saturated heterocycles. The smallest absolute Gasteiger partial charge is 0.319 e. The molecule has 0 unspecified atom stereocenters. The molecule has 0 fully saturated rings. The van der Waals surface area contributed by atoms with E-state index in [4.69, 9.17) is 5.73 Å². The van der Waals surface area contributed by atoms with E-state index in [1.807, 2.05) is 24.3 Å². The Kier molecular flexibility index (Phi) is 5.29. The first-order chi connectivity index (χ1) is 10.2. The summed E-state index contributed by atoms with van der Waals surface area (Å²) < 4.78 is 13.0. The minimum Gasteiger partial charge on any atom is -0.338 e. The monoisotopic (exact) mass is 287 g/mol. The van der Waals surface area contributed by atoms with Crippen molar-refractivity contribution in [3.05, 3.63) is 65.5 Å². The van der Waals surface area contributed by atoms with Gasteiger partial charge in [0.1, 0.15) is 5.82 Å². The van der Waals surface area contributed by atoms with Gasteiger partial charge in [-0.25, -0.2) is 9.18 Å². The van der Waals surface area contributed by atoms with Gasteiger partial charge in [-0.1, -0.05) is 24.3 Å². The molecule has 110 valence electrons. The Hall–Kier alpha value is -2.40. The molecule has 0 spiro atoms. The molecule has 0 aliphatic carbocycles. The van der Waals surface area contributed by atoms with E-state index in [2.05, 4.69) is 10.6 Å². The number of hydrogen-bond acceptors (Lipinski definition) is 2. The second-order valence-electron chi connectivity index (χ2n) is 4.67. The van der Waals surface area contributed by atoms with E-state index in [9.17, 15) is 9.18 Å². The predicted molar refractivity (Wildman–Crippen MR) is 81.5 cm³/mol. The molecule has 0 heterocycles. The van der Waals surface area contributed by atoms with Gasteiger partial charge in [0.2, 0.25) is 0 Å². The van der Waals surface area contributed by atoms with Crippen LogP contribution in [-0.2, 0) is 13.0 Å². The summed E-state index contributed by atoms with van der Waals surface area (Å²) in [5.41, 5.74) is 8.04. The van der Waals surface area contributed by atoms with Gasteiger partial charge in [-0.3, -0.25) is 0 Å². The molecule has 0 aliphatic heterocycles. The third-order valence-corrected chi connectivity index (χ3v) is 3.01. The Labute approximate surface area is 123 Å². The molecule has 2 aromatic rings. The van der Waals surface area contributed by atoms with Crippen LogP contribution in [0, 0.1) is 5.82 Å². The fourth-order valence-corrected chi connectivity index (χ4v) is 1.96. The summed E-state index contributed by atoms with van der Waals surface area (Å²) in [4.78, 5) is 11.7. The predicted octanol–water partition coefficient (Wildman–Crippen LogP) is 2.65. The van der Waals surface area contributed by atoms with Crippen molar-refractivity contribution in [2.45, 2.75) is 13.0 Å². The van der Waals surface area contributed by atoms with Gasteiger partial charge in [-0.15, -0.1) is 0 Å². The average molecular weight is 287 g/mol. The van der Waals surface area contributed by atoms with E-state index in [-0.39, 0.29) is 11.8 Å². The van der Waals surface area contributed by atoms with Crippen LogP contribution in [0.1, 0.15) is 11.1 Å². The molecule has 0 aromatic heterocycles. The number of amides is 2. The number of urea groups is 1. The number of halogens is 1. The van der Waals surface area contributed by atoms with E-state index < -0.39 is 0 Å². The zero-order valence-electron chi connectivity index (χ0n) is 11.6. The van der Waals surface area contributed by atoms with Crippen molar-refractivity contribution in [1.29, 1.82) is 0 Å². The number of rotatable bonds is 5. The van der Waals surface area contributed by atoms with Gasteiger partial charge in [0, 0.05) is 18.8 Å². The summed E-state index contributed by atoms with van der Waals surface area (Å²) in [6, 6.07) is 13.4. The van der Waals surface area contributed by atoms with Gasteiger partial charge in [0.05, 0.1) is 0 Å². The van der Waals surface area contributed by atoms with Crippen LogP contribution in [0.25, 0.3) is 0 Å². The second kappa shape index (κ2) is 7.40. The molecule has 0 aliphatic rings. The molecular weight excluding hydrogens is 269 g/mol. The Balaban J connectivity index is 1.79. The summed E-state index contributed by atoms with van der Waals surface area (Å²) in [6.07, 6.45) is 0.577. The first kappa shape index (κ1) is 15.0. The Morgan fingerprint density at radius 3 is 2.62 bits per heavy atom. The van der Waals surface area contributed by atoms with Crippen molar-refractivity contribution < 1.29 is 9.18 Å². The lowest BCUT2D eigenvalue weighted by atomic mass is 10.1. The second-order valence-corrected chi connectivity index (χ2v) is 4.67. The van der Waals surface area contributed by atoms with Crippen LogP contribution in [0.3, 0.4) is 0 Å². The summed E-state index contributed by atoms with van der Waals surface area (Å²) in [5, 5.41) is 5.47. The third-order valence-electron chi connectivity index (χ3n) is 3.01. The lowest BCUT2D eigenvalue weighted by Crippen LogP contribution is -2.30. The molecule has 0 saturated carbocycles. The number of nitrogens with one attached hydrogen (secondary N) is 2. The van der Waals surface area contributed by atoms with Crippen LogP contribution >= 0.6 is 0 Å². The van der Waals surface area contributed by atoms with Crippen LogP contribution in [0.5, 0.6) is 0 Å². The Morgan fingerprint density at radius 1 is 1.10 bits per heavy atom. The Morgan fingerprint density at radius 2 is 1.86 bits per heavy atom. The van der Waals surface area contributed by atoms with E-state index >= 15 is 0 Å². The highest BCUT2D eigenvalue weighted by molar-refractivity contribution is 5.89. The lowest BCUT2D eigenvalue weighted by Gasteiger charge is -2.08. The van der Waals surface area contributed by atoms with Gasteiger partial charge in [-0.2, -0.15) is 0 Å². The Bertz CT molecular complexity index is 616. The van der Waals surface area contributed by atoms with Crippen molar-refractivity contribution in [2.24, 2.45) is 5.73 Å². The average Bonchev–Trinajstić information content (AvgIpc) is 2.47. The zero-order chi connectivity index (χ0) is 15.1. The van der Waals surface area contributed by atoms with Gasteiger partial charge < -0.3 is 16.4 Å². The van der Waals surface area contributed by atoms with Crippen molar-refractivity contribution in [2.75, 3.05) is 11.9 Å². The molecule has 21 heavy (non-hydrogen) atoms. The SMILES string of the molecule is NCc1cccc(NC(=O)NCCc2cccc(F)c2)c1. The molecule has 0 bridgehead atoms. The number of nitrogens with two attached hydrogens (primary N) is 1. The summed E-state index contributed by atoms with van der Waals surface area (Å²) in [6.45, 7) is 0.864. The van der Waals surface area contributed by atoms with Crippen molar-refractivity contribution in [3.8, 4) is 0 Å². The van der Waals surface area contributed by atoms with Crippen molar-refractivity contribution in [3.63, 3.8) is 0 Å². The van der Waals surface area contributed by atoms with E-state index in [0.29, 0.717) is 25.2 Å². The molecule has 0 radical (unpaired) electrons. The lowest BCUT2D eigenvalue weighted by molar-refractivity contribution is 0.252. The van der Waals surface area contributed by atoms with Crippen LogP contribution < -0.4 is 16.4 Å². The highest BCUT2D eigenvalue weighted by atomic mass is 19.1. The molecular formula is C16H18FN3O. The van der Waals surface area contributed by atoms with E-state index in [1.165, 1.54) is 12.1 Å². The van der Waals surface area contributed by atoms with Crippen LogP contribution in [0.2, 0.25) is 0 Å². The minimum atomic E-state index is -0.291. The highest BCUT2D eigenvalue weighted by Crippen LogP contribution is 2.09. The fraction of sp³-hybridized carbons (Fsp3) is 0.188. The molecule has 2 aromatic carbocycles. The fourth-order valence-electron chi connectivity index (χ4n) is 1.96. The maximum absolute atomic E-state index is 13.0. The number of hydrogen-bond donors (Lipinski definition) is 3. The van der Waals surface area contributed by atoms with Gasteiger partial charge in [0.25, 0.3) is 0 Å². The zero-order valence-corrected chi connectivity index (χ0v) is 11.6. The van der Waals surface area contributed by atoms with Gasteiger partial charge in [-0.05, 0) is 41.8 Å². The molecule has 5 heteroatoms. The quantitative estimate of drug-likeness (QED) is 0.791. The van der Waals surface area contributed by atoms with E-state index in [1.54, 1.807) is 12.1 Å². The molecule has 0 atom stereocenters. The maximum Gasteiger partial charge on any atom is 0.319 e. The normalized spacial score (nSPS) is 10.2. The van der Waals surface area contributed by atoms with Crippen molar-refractivity contribution >= 4 is 11.7 Å². The van der Waals surface area contributed by atoms with Crippen LogP contribution in [0.4, 0.5) is 14.9 Å². The topological polar surface area (TPSA) is 67.1 Å². The number of anilines is 1. The highest BCUT2D eigenvalue weighted by Gasteiger charge is 2.02. The van der Waals surface area contributed by atoms with Crippen LogP contribution in [-0.4, -0.2) is 12.6 Å². The first-order valence-corrected chi connectivity index (χ1v) is 6.75. The standard InChI is InChI=1S/C16H18FN3O/c17-14-5-1-3-12(9-14)7-8-19-16(21)20-15-6-2-4-13(10-15)11-18/h1-6,9-10H,7-8,11,18H2,(H2,19,20,21). The third kappa shape index (κ3) is 4.89. The maximum atomic E-state index is 13.0. The summed E-state index contributed by atoms with van der Waals surface area (Å²) in [7, 11) is 0. The van der Waals surface area contributed by atoms with E-state index in [0.717, 1.165) is 11.1 Å². The molecule has 2 amide bonds. The minimum absolute atomic E-state index is 0.268. The summed E-state index contributed by atoms with van der Waals surface area (Å²) in [5.74, 6) is -0.268. The number of benzene rings is 2. The molecule has 4 N–H and O–H groups in total.